The number of benzene rings is 2. The van der Waals surface area contributed by atoms with Gasteiger partial charge in [0.2, 0.25) is 0 Å². The van der Waals surface area contributed by atoms with Gasteiger partial charge in [-0.2, -0.15) is 4.99 Å². The molecular weight excluding hydrogens is 388 g/mol. The fourth-order valence-corrected chi connectivity index (χ4v) is 3.95. The molecule has 0 saturated heterocycles. The molecule has 152 valence electrons. The van der Waals surface area contributed by atoms with Crippen LogP contribution in [0.4, 0.5) is 0 Å². The van der Waals surface area contributed by atoms with Gasteiger partial charge in [0.25, 0.3) is 5.91 Å². The van der Waals surface area contributed by atoms with Crippen LogP contribution in [0.25, 0.3) is 10.2 Å². The molecule has 0 spiro atoms. The monoisotopic (exact) mass is 412 g/mol. The van der Waals surface area contributed by atoms with Crippen molar-refractivity contribution in [2.45, 2.75) is 40.3 Å². The maximum Gasteiger partial charge on any atom is 0.326 e. The lowest BCUT2D eigenvalue weighted by atomic mass is 10.1. The van der Waals surface area contributed by atoms with Gasteiger partial charge in [-0.15, -0.1) is 0 Å². The zero-order chi connectivity index (χ0) is 21.0. The topological polar surface area (TPSA) is 69.9 Å². The lowest BCUT2D eigenvalue weighted by Gasteiger charge is -2.11. The molecule has 1 amide bonds. The number of carbonyl (C=O) groups is 2. The molecule has 0 bridgehead atoms. The van der Waals surface area contributed by atoms with E-state index in [9.17, 15) is 9.59 Å². The molecule has 0 aliphatic heterocycles. The molecular formula is C22H24N2O4S. The van der Waals surface area contributed by atoms with Gasteiger partial charge in [0.1, 0.15) is 12.3 Å². The van der Waals surface area contributed by atoms with E-state index in [0.717, 1.165) is 21.3 Å². The van der Waals surface area contributed by atoms with Crippen molar-refractivity contribution in [3.8, 4) is 5.75 Å². The molecule has 1 unspecified atom stereocenters. The highest BCUT2D eigenvalue weighted by Crippen LogP contribution is 2.22. The average molecular weight is 413 g/mol. The summed E-state index contributed by atoms with van der Waals surface area (Å²) in [6, 6.07) is 13.2. The number of rotatable bonds is 6. The zero-order valence-corrected chi connectivity index (χ0v) is 17.8. The van der Waals surface area contributed by atoms with E-state index in [1.54, 1.807) is 30.5 Å². The molecule has 0 fully saturated rings. The number of ether oxygens (including phenoxy) is 2. The normalized spacial score (nSPS) is 12.8. The number of carbonyl (C=O) groups excluding carboxylic acids is 2. The minimum absolute atomic E-state index is 0.00359. The van der Waals surface area contributed by atoms with Crippen LogP contribution in [0, 0.1) is 13.8 Å². The lowest BCUT2D eigenvalue weighted by Crippen LogP contribution is -2.27. The van der Waals surface area contributed by atoms with Crippen molar-refractivity contribution < 1.29 is 19.1 Å². The third kappa shape index (κ3) is 4.92. The molecule has 3 rings (SSSR count). The van der Waals surface area contributed by atoms with Gasteiger partial charge in [-0.05, 0) is 63.1 Å². The second-order valence-corrected chi connectivity index (χ2v) is 7.71. The van der Waals surface area contributed by atoms with E-state index in [2.05, 4.69) is 4.99 Å². The molecule has 1 atom stereocenters. The van der Waals surface area contributed by atoms with Crippen molar-refractivity contribution in [3.05, 3.63) is 58.4 Å². The molecule has 29 heavy (non-hydrogen) atoms. The highest BCUT2D eigenvalue weighted by Gasteiger charge is 2.17. The maximum absolute atomic E-state index is 12.7. The molecule has 1 heterocycles. The molecule has 0 radical (unpaired) electrons. The standard InChI is InChI=1S/C22H24N2O4S/c1-5-27-20(25)13-24-18-11-14(2)15(3)12-19(18)29-22(24)23-21(26)16(4)28-17-9-7-6-8-10-17/h6-12,16H,5,13H2,1-4H3. The lowest BCUT2D eigenvalue weighted by molar-refractivity contribution is -0.143. The first-order chi connectivity index (χ1) is 13.9. The minimum atomic E-state index is -0.748. The van der Waals surface area contributed by atoms with E-state index in [1.165, 1.54) is 11.3 Å². The molecule has 0 saturated carbocycles. The summed E-state index contributed by atoms with van der Waals surface area (Å²) in [5.41, 5.74) is 3.10. The van der Waals surface area contributed by atoms with Gasteiger partial charge in [-0.3, -0.25) is 9.59 Å². The first kappa shape index (κ1) is 20.8. The van der Waals surface area contributed by atoms with Gasteiger partial charge >= 0.3 is 5.97 Å². The van der Waals surface area contributed by atoms with Gasteiger partial charge in [-0.1, -0.05) is 29.5 Å². The van der Waals surface area contributed by atoms with Crippen molar-refractivity contribution in [1.29, 1.82) is 0 Å². The van der Waals surface area contributed by atoms with E-state index in [-0.39, 0.29) is 12.5 Å². The Balaban J connectivity index is 1.99. The van der Waals surface area contributed by atoms with Gasteiger partial charge in [-0.25, -0.2) is 0 Å². The minimum Gasteiger partial charge on any atom is -0.481 e. The van der Waals surface area contributed by atoms with E-state index in [0.29, 0.717) is 17.2 Å². The van der Waals surface area contributed by atoms with Crippen LogP contribution in [0.2, 0.25) is 0 Å². The van der Waals surface area contributed by atoms with E-state index < -0.39 is 12.0 Å². The second-order valence-electron chi connectivity index (χ2n) is 6.70. The van der Waals surface area contributed by atoms with E-state index >= 15 is 0 Å². The summed E-state index contributed by atoms with van der Waals surface area (Å²) in [7, 11) is 0. The van der Waals surface area contributed by atoms with Crippen molar-refractivity contribution >= 4 is 33.4 Å². The second kappa shape index (κ2) is 9.05. The van der Waals surface area contributed by atoms with Gasteiger partial charge in [0, 0.05) is 0 Å². The number of amides is 1. The Labute approximate surface area is 173 Å². The molecule has 3 aromatic rings. The summed E-state index contributed by atoms with van der Waals surface area (Å²) in [5, 5.41) is 0. The summed E-state index contributed by atoms with van der Waals surface area (Å²) in [5.74, 6) is -0.176. The maximum atomic E-state index is 12.7. The van der Waals surface area contributed by atoms with E-state index in [1.807, 2.05) is 44.2 Å². The molecule has 0 aliphatic carbocycles. The number of hydrogen-bond donors (Lipinski definition) is 0. The van der Waals surface area contributed by atoms with Crippen LogP contribution >= 0.6 is 11.3 Å². The first-order valence-electron chi connectivity index (χ1n) is 9.45. The van der Waals surface area contributed by atoms with Crippen molar-refractivity contribution in [3.63, 3.8) is 0 Å². The number of hydrogen-bond acceptors (Lipinski definition) is 5. The van der Waals surface area contributed by atoms with Crippen LogP contribution in [0.3, 0.4) is 0 Å². The Bertz CT molecular complexity index is 1100. The number of thiazole rings is 1. The van der Waals surface area contributed by atoms with E-state index in [4.69, 9.17) is 9.47 Å². The van der Waals surface area contributed by atoms with Crippen LogP contribution in [-0.2, 0) is 20.9 Å². The van der Waals surface area contributed by atoms with Gasteiger partial charge < -0.3 is 14.0 Å². The number of aryl methyl sites for hydroxylation is 2. The Morgan fingerprint density at radius 3 is 2.52 bits per heavy atom. The van der Waals surface area contributed by atoms with Crippen LogP contribution in [0.15, 0.2) is 47.5 Å². The third-order valence-corrected chi connectivity index (χ3v) is 5.54. The fraction of sp³-hybridized carbons (Fsp3) is 0.318. The van der Waals surface area contributed by atoms with Gasteiger partial charge in [0.15, 0.2) is 10.9 Å². The number of para-hydroxylation sites is 1. The van der Waals surface area contributed by atoms with Crippen molar-refractivity contribution in [2.75, 3.05) is 6.61 Å². The largest absolute Gasteiger partial charge is 0.481 e. The predicted octanol–water partition coefficient (Wildman–Crippen LogP) is 3.78. The van der Waals surface area contributed by atoms with Gasteiger partial charge in [0.05, 0.1) is 16.8 Å². The van der Waals surface area contributed by atoms with Crippen molar-refractivity contribution in [2.24, 2.45) is 4.99 Å². The summed E-state index contributed by atoms with van der Waals surface area (Å²) in [6.45, 7) is 7.76. The Morgan fingerprint density at radius 1 is 1.14 bits per heavy atom. The molecule has 0 aliphatic rings. The summed E-state index contributed by atoms with van der Waals surface area (Å²) in [6.07, 6.45) is -0.748. The number of esters is 1. The fourth-order valence-electron chi connectivity index (χ4n) is 2.83. The van der Waals surface area contributed by atoms with Crippen LogP contribution in [0.1, 0.15) is 25.0 Å². The Morgan fingerprint density at radius 2 is 1.83 bits per heavy atom. The average Bonchev–Trinajstić information content (AvgIpc) is 2.99. The van der Waals surface area contributed by atoms with Crippen LogP contribution < -0.4 is 9.54 Å². The quantitative estimate of drug-likeness (QED) is 0.578. The number of aromatic nitrogens is 1. The molecule has 0 N–H and O–H groups in total. The smallest absolute Gasteiger partial charge is 0.326 e. The Hall–Kier alpha value is -2.93. The first-order valence-corrected chi connectivity index (χ1v) is 10.3. The summed E-state index contributed by atoms with van der Waals surface area (Å²) < 4.78 is 13.5. The molecule has 6 nitrogen and oxygen atoms in total. The highest BCUT2D eigenvalue weighted by atomic mass is 32.1. The van der Waals surface area contributed by atoms with Crippen LogP contribution in [-0.4, -0.2) is 29.2 Å². The van der Waals surface area contributed by atoms with Crippen molar-refractivity contribution in [1.82, 2.24) is 4.57 Å². The molecule has 2 aromatic carbocycles. The zero-order valence-electron chi connectivity index (χ0n) is 17.0. The molecule has 7 heteroatoms. The SMILES string of the molecule is CCOC(=O)Cn1c(=NC(=O)C(C)Oc2ccccc2)sc2cc(C)c(C)cc21. The van der Waals surface area contributed by atoms with Crippen LogP contribution in [0.5, 0.6) is 5.75 Å². The summed E-state index contributed by atoms with van der Waals surface area (Å²) >= 11 is 1.37. The summed E-state index contributed by atoms with van der Waals surface area (Å²) in [4.78, 5) is 29.5. The number of nitrogens with zero attached hydrogens (tertiary/aromatic N) is 2. The Kier molecular flexibility index (Phi) is 6.49. The molecule has 1 aromatic heterocycles. The highest BCUT2D eigenvalue weighted by molar-refractivity contribution is 7.16. The third-order valence-electron chi connectivity index (χ3n) is 4.50. The number of fused-ring (bicyclic) bond motifs is 1. The predicted molar refractivity (Wildman–Crippen MR) is 113 cm³/mol.